The minimum atomic E-state index is -0.311. The van der Waals surface area contributed by atoms with Crippen LogP contribution in [0.3, 0.4) is 0 Å². The van der Waals surface area contributed by atoms with Crippen molar-refractivity contribution in [2.24, 2.45) is 0 Å². The van der Waals surface area contributed by atoms with Crippen molar-refractivity contribution in [1.29, 1.82) is 0 Å². The molecule has 0 unspecified atom stereocenters. The predicted octanol–water partition coefficient (Wildman–Crippen LogP) is 4.30. The van der Waals surface area contributed by atoms with Gasteiger partial charge in [0.1, 0.15) is 23.9 Å². The van der Waals surface area contributed by atoms with E-state index in [4.69, 9.17) is 9.47 Å². The Balaban J connectivity index is 1.81. The molecule has 0 spiro atoms. The van der Waals surface area contributed by atoms with E-state index >= 15 is 0 Å². The molecule has 0 N–H and O–H groups in total. The van der Waals surface area contributed by atoms with Crippen LogP contribution in [0.15, 0.2) is 48.0 Å². The number of carbonyl (C=O) groups excluding carboxylic acids is 1. The van der Waals surface area contributed by atoms with Gasteiger partial charge in [0.05, 0.1) is 11.7 Å². The third kappa shape index (κ3) is 4.46. The Labute approximate surface area is 189 Å². The third-order valence-corrected chi connectivity index (χ3v) is 6.13. The number of amides is 1. The maximum absolute atomic E-state index is 13.6. The molecule has 4 rings (SSSR count). The van der Waals surface area contributed by atoms with Gasteiger partial charge in [0.25, 0.3) is 5.91 Å². The van der Waals surface area contributed by atoms with Crippen molar-refractivity contribution in [2.45, 2.75) is 20.0 Å². The van der Waals surface area contributed by atoms with Crippen LogP contribution in [0.1, 0.15) is 25.0 Å². The molecule has 0 radical (unpaired) electrons. The average molecular weight is 522 g/mol. The van der Waals surface area contributed by atoms with Gasteiger partial charge in [-0.1, -0.05) is 12.1 Å². The number of ether oxygens (including phenoxy) is 2. The van der Waals surface area contributed by atoms with E-state index in [0.717, 1.165) is 29.8 Å². The minimum absolute atomic E-state index is 0.0245. The van der Waals surface area contributed by atoms with Crippen molar-refractivity contribution >= 4 is 34.3 Å². The molecule has 0 saturated carbocycles. The molecule has 0 bridgehead atoms. The van der Waals surface area contributed by atoms with Gasteiger partial charge in [-0.2, -0.15) is 0 Å². The first-order chi connectivity index (χ1) is 14.4. The summed E-state index contributed by atoms with van der Waals surface area (Å²) in [4.78, 5) is 15.3. The maximum atomic E-state index is 13.6. The highest BCUT2D eigenvalue weighted by Crippen LogP contribution is 2.40. The van der Waals surface area contributed by atoms with Gasteiger partial charge < -0.3 is 14.4 Å². The van der Waals surface area contributed by atoms with Crippen LogP contribution in [0.5, 0.6) is 11.5 Å². The summed E-state index contributed by atoms with van der Waals surface area (Å²) in [7, 11) is 0. The molecular weight excluding hydrogens is 498 g/mol. The molecule has 1 amide bonds. The van der Waals surface area contributed by atoms with Gasteiger partial charge in [-0.3, -0.25) is 4.79 Å². The lowest BCUT2D eigenvalue weighted by atomic mass is 9.90. The van der Waals surface area contributed by atoms with Gasteiger partial charge in [0.15, 0.2) is 0 Å². The highest BCUT2D eigenvalue weighted by Gasteiger charge is 2.30. The Morgan fingerprint density at radius 1 is 1.10 bits per heavy atom. The maximum Gasteiger partial charge on any atom is 0.253 e. The van der Waals surface area contributed by atoms with E-state index in [1.54, 1.807) is 12.1 Å². The molecule has 1 saturated heterocycles. The number of benzene rings is 2. The lowest BCUT2D eigenvalue weighted by Gasteiger charge is -2.33. The van der Waals surface area contributed by atoms with Crippen LogP contribution in [0.25, 0.3) is 5.57 Å². The summed E-state index contributed by atoms with van der Waals surface area (Å²) < 4.78 is 27.6. The molecule has 5 nitrogen and oxygen atoms in total. The van der Waals surface area contributed by atoms with Crippen molar-refractivity contribution < 1.29 is 18.7 Å². The molecule has 0 aromatic heterocycles. The zero-order chi connectivity index (χ0) is 21.3. The standard InChI is InChI=1S/C23H24FIN2O3/c1-15(2)30-18-7-8-21-19(13-18)22(16-3-5-17(24)6-4-16)20(14-29-21)23(28)26-9-11-27(25)12-10-26/h3-8,13,15H,9-12,14H2,1-2H3. The zero-order valence-corrected chi connectivity index (χ0v) is 19.2. The third-order valence-electron chi connectivity index (χ3n) is 5.17. The van der Waals surface area contributed by atoms with Gasteiger partial charge in [-0.05, 0) is 49.7 Å². The molecule has 30 heavy (non-hydrogen) atoms. The van der Waals surface area contributed by atoms with Crippen LogP contribution in [0.4, 0.5) is 4.39 Å². The van der Waals surface area contributed by atoms with Crippen molar-refractivity contribution in [2.75, 3.05) is 32.8 Å². The zero-order valence-electron chi connectivity index (χ0n) is 17.0. The quantitative estimate of drug-likeness (QED) is 0.444. The summed E-state index contributed by atoms with van der Waals surface area (Å²) in [6.45, 7) is 7.12. The van der Waals surface area contributed by atoms with Gasteiger partial charge in [-0.15, -0.1) is 0 Å². The summed E-state index contributed by atoms with van der Waals surface area (Å²) in [5.74, 6) is 1.06. The molecule has 0 atom stereocenters. The number of nitrogens with zero attached hydrogens (tertiary/aromatic N) is 2. The minimum Gasteiger partial charge on any atom is -0.491 e. The Morgan fingerprint density at radius 3 is 2.47 bits per heavy atom. The van der Waals surface area contributed by atoms with Gasteiger partial charge >= 0.3 is 0 Å². The van der Waals surface area contributed by atoms with Crippen molar-refractivity contribution in [3.63, 3.8) is 0 Å². The van der Waals surface area contributed by atoms with Gasteiger partial charge in [0, 0.05) is 60.2 Å². The number of halogens is 2. The molecule has 0 aliphatic carbocycles. The van der Waals surface area contributed by atoms with Crippen LogP contribution < -0.4 is 9.47 Å². The van der Waals surface area contributed by atoms with Crippen LogP contribution >= 0.6 is 22.9 Å². The molecule has 2 aliphatic rings. The molecule has 2 aromatic carbocycles. The Morgan fingerprint density at radius 2 is 1.80 bits per heavy atom. The Kier molecular flexibility index (Phi) is 6.29. The number of hydrogen-bond donors (Lipinski definition) is 0. The van der Waals surface area contributed by atoms with Crippen LogP contribution in [-0.4, -0.2) is 52.8 Å². The van der Waals surface area contributed by atoms with Crippen LogP contribution in [0, 0.1) is 5.82 Å². The summed E-state index contributed by atoms with van der Waals surface area (Å²) in [6.07, 6.45) is 0.0245. The second-order valence-electron chi connectivity index (χ2n) is 7.68. The first kappa shape index (κ1) is 21.1. The van der Waals surface area contributed by atoms with E-state index in [1.165, 1.54) is 12.1 Å². The molecule has 2 aliphatic heterocycles. The number of carbonyl (C=O) groups is 1. The first-order valence-corrected chi connectivity index (χ1v) is 11.0. The number of piperazine rings is 1. The molecular formula is C23H24FIN2O3. The highest BCUT2D eigenvalue weighted by molar-refractivity contribution is 14.1. The fraction of sp³-hybridized carbons (Fsp3) is 0.348. The summed E-state index contributed by atoms with van der Waals surface area (Å²) in [5, 5.41) is 0. The SMILES string of the molecule is CC(C)Oc1ccc2c(c1)C(c1ccc(F)cc1)=C(C(=O)N1CCN(I)CC1)CO2. The van der Waals surface area contributed by atoms with E-state index in [1.807, 2.05) is 36.9 Å². The molecule has 2 aromatic rings. The predicted molar refractivity (Wildman–Crippen MR) is 122 cm³/mol. The normalized spacial score (nSPS) is 17.0. The topological polar surface area (TPSA) is 42.0 Å². The van der Waals surface area contributed by atoms with E-state index in [2.05, 4.69) is 26.0 Å². The highest BCUT2D eigenvalue weighted by atomic mass is 127. The smallest absolute Gasteiger partial charge is 0.253 e. The molecule has 7 heteroatoms. The van der Waals surface area contributed by atoms with E-state index in [-0.39, 0.29) is 24.4 Å². The summed E-state index contributed by atoms with van der Waals surface area (Å²) >= 11 is 2.28. The van der Waals surface area contributed by atoms with Gasteiger partial charge in [-0.25, -0.2) is 7.50 Å². The largest absolute Gasteiger partial charge is 0.491 e. The fourth-order valence-electron chi connectivity index (χ4n) is 3.75. The molecule has 2 heterocycles. The first-order valence-electron chi connectivity index (χ1n) is 10.1. The summed E-state index contributed by atoms with van der Waals surface area (Å²) in [5.41, 5.74) is 2.96. The van der Waals surface area contributed by atoms with Crippen molar-refractivity contribution in [3.8, 4) is 11.5 Å². The Bertz CT molecular complexity index is 967. The van der Waals surface area contributed by atoms with E-state index < -0.39 is 0 Å². The van der Waals surface area contributed by atoms with Gasteiger partial charge in [0.2, 0.25) is 0 Å². The number of rotatable bonds is 4. The number of fused-ring (bicyclic) bond motifs is 1. The van der Waals surface area contributed by atoms with Crippen LogP contribution in [-0.2, 0) is 4.79 Å². The van der Waals surface area contributed by atoms with E-state index in [9.17, 15) is 9.18 Å². The monoisotopic (exact) mass is 522 g/mol. The molecule has 1 fully saturated rings. The fourth-order valence-corrected chi connectivity index (χ4v) is 4.18. The lowest BCUT2D eigenvalue weighted by molar-refractivity contribution is -0.128. The number of hydrogen-bond acceptors (Lipinski definition) is 4. The van der Waals surface area contributed by atoms with Crippen LogP contribution in [0.2, 0.25) is 0 Å². The average Bonchev–Trinajstić information content (AvgIpc) is 2.73. The second kappa shape index (κ2) is 8.93. The summed E-state index contributed by atoms with van der Waals surface area (Å²) in [6, 6.07) is 11.9. The van der Waals surface area contributed by atoms with E-state index in [0.29, 0.717) is 30.2 Å². The lowest BCUT2D eigenvalue weighted by Crippen LogP contribution is -2.46. The van der Waals surface area contributed by atoms with Crippen molar-refractivity contribution in [3.05, 3.63) is 65.0 Å². The second-order valence-corrected chi connectivity index (χ2v) is 9.04. The Hall–Kier alpha value is -2.13. The molecule has 158 valence electrons. The van der Waals surface area contributed by atoms with Crippen molar-refractivity contribution in [1.82, 2.24) is 8.01 Å².